The van der Waals surface area contributed by atoms with Crippen LogP contribution < -0.4 is 0 Å². The zero-order chi connectivity index (χ0) is 15.7. The summed E-state index contributed by atoms with van der Waals surface area (Å²) in [6.07, 6.45) is 15.6. The zero-order valence-electron chi connectivity index (χ0n) is 14.9. The van der Waals surface area contributed by atoms with Crippen LogP contribution in [0.1, 0.15) is 65.2 Å². The smallest absolute Gasteiger partial charge is 0.174 e. The van der Waals surface area contributed by atoms with Gasteiger partial charge in [-0.2, -0.15) is 0 Å². The third-order valence-electron chi connectivity index (χ3n) is 9.01. The van der Waals surface area contributed by atoms with Crippen LogP contribution in [0.25, 0.3) is 0 Å². The minimum absolute atomic E-state index is 0.229. The molecule has 1 saturated heterocycles. The lowest BCUT2D eigenvalue weighted by molar-refractivity contribution is -0.246. The van der Waals surface area contributed by atoms with Crippen molar-refractivity contribution in [1.82, 2.24) is 0 Å². The normalized spacial score (nSPS) is 53.8. The van der Waals surface area contributed by atoms with Crippen molar-refractivity contribution in [3.8, 4) is 0 Å². The molecule has 0 amide bonds. The summed E-state index contributed by atoms with van der Waals surface area (Å²) in [6.45, 7) is 6.73. The Morgan fingerprint density at radius 1 is 0.870 bits per heavy atom. The number of rotatable bonds is 0. The van der Waals surface area contributed by atoms with E-state index in [9.17, 15) is 0 Å². The highest BCUT2D eigenvalue weighted by atomic mass is 16.7. The van der Waals surface area contributed by atoms with Gasteiger partial charge in [0.25, 0.3) is 0 Å². The summed E-state index contributed by atoms with van der Waals surface area (Å²) >= 11 is 0. The van der Waals surface area contributed by atoms with Crippen LogP contribution in [0.3, 0.4) is 0 Å². The van der Waals surface area contributed by atoms with E-state index in [1.54, 1.807) is 0 Å². The molecule has 0 aromatic heterocycles. The Morgan fingerprint density at radius 3 is 2.48 bits per heavy atom. The van der Waals surface area contributed by atoms with Gasteiger partial charge < -0.3 is 9.47 Å². The van der Waals surface area contributed by atoms with Gasteiger partial charge >= 0.3 is 0 Å². The Hall–Kier alpha value is -0.340. The predicted octanol–water partition coefficient (Wildman–Crippen LogP) is 4.94. The summed E-state index contributed by atoms with van der Waals surface area (Å²) in [7, 11) is 0. The van der Waals surface area contributed by atoms with Crippen molar-refractivity contribution in [2.24, 2.45) is 34.5 Å². The molecule has 1 spiro atoms. The molecule has 5 aliphatic rings. The maximum atomic E-state index is 6.25. The summed E-state index contributed by atoms with van der Waals surface area (Å²) < 4.78 is 12.5. The molecule has 0 unspecified atom stereocenters. The molecule has 4 aliphatic carbocycles. The van der Waals surface area contributed by atoms with Gasteiger partial charge in [0.15, 0.2) is 5.79 Å². The summed E-state index contributed by atoms with van der Waals surface area (Å²) in [5.41, 5.74) is 0.824. The molecule has 2 nitrogen and oxygen atoms in total. The summed E-state index contributed by atoms with van der Waals surface area (Å²) in [5.74, 6) is 3.37. The number of fused-ring (bicyclic) bond motifs is 6. The van der Waals surface area contributed by atoms with Crippen molar-refractivity contribution in [3.05, 3.63) is 12.2 Å². The fraction of sp³-hybridized carbons (Fsp3) is 0.905. The van der Waals surface area contributed by atoms with Crippen molar-refractivity contribution >= 4 is 0 Å². The van der Waals surface area contributed by atoms with Crippen LogP contribution in [0.5, 0.6) is 0 Å². The minimum atomic E-state index is -0.229. The van der Waals surface area contributed by atoms with E-state index in [0.29, 0.717) is 5.41 Å². The second kappa shape index (κ2) is 4.85. The molecule has 0 bridgehead atoms. The molecule has 0 aromatic carbocycles. The van der Waals surface area contributed by atoms with E-state index in [-0.39, 0.29) is 11.2 Å². The first-order valence-electron chi connectivity index (χ1n) is 10.0. The molecular weight excluding hydrogens is 284 g/mol. The van der Waals surface area contributed by atoms with Gasteiger partial charge in [-0.3, -0.25) is 0 Å². The van der Waals surface area contributed by atoms with Crippen LogP contribution in [0.15, 0.2) is 12.2 Å². The number of hydrogen-bond donors (Lipinski definition) is 0. The Bertz CT molecular complexity index is 520. The van der Waals surface area contributed by atoms with E-state index < -0.39 is 0 Å². The Balaban J connectivity index is 1.48. The summed E-state index contributed by atoms with van der Waals surface area (Å²) in [5, 5.41) is 0. The average molecular weight is 316 g/mol. The number of ether oxygens (including phenoxy) is 2. The fourth-order valence-electron chi connectivity index (χ4n) is 7.72. The highest BCUT2D eigenvalue weighted by molar-refractivity contribution is 5.14. The monoisotopic (exact) mass is 316 g/mol. The van der Waals surface area contributed by atoms with Crippen molar-refractivity contribution < 1.29 is 9.47 Å². The van der Waals surface area contributed by atoms with Crippen molar-refractivity contribution in [2.75, 3.05) is 13.2 Å². The van der Waals surface area contributed by atoms with E-state index in [1.165, 1.54) is 44.9 Å². The van der Waals surface area contributed by atoms with Gasteiger partial charge in [-0.1, -0.05) is 26.0 Å². The maximum Gasteiger partial charge on any atom is 0.174 e. The lowest BCUT2D eigenvalue weighted by Crippen LogP contribution is -2.56. The van der Waals surface area contributed by atoms with Gasteiger partial charge in [0.1, 0.15) is 0 Å². The van der Waals surface area contributed by atoms with Gasteiger partial charge in [0, 0.05) is 11.8 Å². The Kier molecular flexibility index (Phi) is 3.15. The molecule has 5 rings (SSSR count). The van der Waals surface area contributed by atoms with E-state index in [4.69, 9.17) is 9.47 Å². The predicted molar refractivity (Wildman–Crippen MR) is 90.9 cm³/mol. The molecular formula is C21H32O2. The molecule has 2 heteroatoms. The van der Waals surface area contributed by atoms with E-state index in [1.807, 2.05) is 0 Å². The first-order valence-corrected chi connectivity index (χ1v) is 10.0. The van der Waals surface area contributed by atoms with Crippen LogP contribution in [-0.2, 0) is 9.47 Å². The molecule has 0 aromatic rings. The first-order chi connectivity index (χ1) is 11.1. The highest BCUT2D eigenvalue weighted by Crippen LogP contribution is 2.69. The zero-order valence-corrected chi connectivity index (χ0v) is 14.9. The molecule has 0 radical (unpaired) electrons. The third kappa shape index (κ3) is 1.78. The molecule has 6 atom stereocenters. The second-order valence-corrected chi connectivity index (χ2v) is 9.51. The summed E-state index contributed by atoms with van der Waals surface area (Å²) in [4.78, 5) is 0. The molecule has 128 valence electrons. The van der Waals surface area contributed by atoms with Crippen molar-refractivity contribution in [3.63, 3.8) is 0 Å². The van der Waals surface area contributed by atoms with Crippen LogP contribution in [-0.4, -0.2) is 19.0 Å². The number of allylic oxidation sites excluding steroid dienone is 2. The standard InChI is InChI=1S/C21H32O2/c1-19-10-4-3-5-15(19)6-7-16-17(19)8-11-20(2)18(16)9-12-21(20)22-13-14-23-21/h3-4,15-18H,5-14H2,1-2H3/t15-,16-,17+,18+,19+,20-/m1/s1. The van der Waals surface area contributed by atoms with Gasteiger partial charge in [0.05, 0.1) is 13.2 Å². The lowest BCUT2D eigenvalue weighted by atomic mass is 9.45. The largest absolute Gasteiger partial charge is 0.347 e. The highest BCUT2D eigenvalue weighted by Gasteiger charge is 2.66. The minimum Gasteiger partial charge on any atom is -0.347 e. The van der Waals surface area contributed by atoms with Gasteiger partial charge in [-0.05, 0) is 74.0 Å². The van der Waals surface area contributed by atoms with E-state index in [2.05, 4.69) is 26.0 Å². The molecule has 1 aliphatic heterocycles. The molecule has 0 N–H and O–H groups in total. The van der Waals surface area contributed by atoms with E-state index in [0.717, 1.165) is 43.3 Å². The maximum absolute atomic E-state index is 6.25. The quantitative estimate of drug-likeness (QED) is 0.589. The van der Waals surface area contributed by atoms with Crippen LogP contribution in [0, 0.1) is 34.5 Å². The van der Waals surface area contributed by atoms with Crippen LogP contribution in [0.4, 0.5) is 0 Å². The second-order valence-electron chi connectivity index (χ2n) is 9.51. The fourth-order valence-corrected chi connectivity index (χ4v) is 7.72. The SMILES string of the molecule is C[C@]12CC=CC[C@@H]1CC[C@@H]1[C@@H]2CC[C@]2(C)[C@H]1CCC21OCCO1. The average Bonchev–Trinajstić information content (AvgIpc) is 3.14. The molecule has 1 heterocycles. The molecule has 23 heavy (non-hydrogen) atoms. The lowest BCUT2D eigenvalue weighted by Gasteiger charge is -2.60. The molecule has 3 saturated carbocycles. The first kappa shape index (κ1) is 15.0. The van der Waals surface area contributed by atoms with Gasteiger partial charge in [-0.25, -0.2) is 0 Å². The Labute approximate surface area is 141 Å². The van der Waals surface area contributed by atoms with Crippen LogP contribution in [0.2, 0.25) is 0 Å². The third-order valence-corrected chi connectivity index (χ3v) is 9.01. The van der Waals surface area contributed by atoms with Crippen LogP contribution >= 0.6 is 0 Å². The summed E-state index contributed by atoms with van der Waals surface area (Å²) in [6, 6.07) is 0. The van der Waals surface area contributed by atoms with Gasteiger partial charge in [0.2, 0.25) is 0 Å². The number of hydrogen-bond acceptors (Lipinski definition) is 2. The topological polar surface area (TPSA) is 18.5 Å². The van der Waals surface area contributed by atoms with Crippen molar-refractivity contribution in [1.29, 1.82) is 0 Å². The Morgan fingerprint density at radius 2 is 1.65 bits per heavy atom. The van der Waals surface area contributed by atoms with Crippen molar-refractivity contribution in [2.45, 2.75) is 71.0 Å². The van der Waals surface area contributed by atoms with Gasteiger partial charge in [-0.15, -0.1) is 0 Å². The van der Waals surface area contributed by atoms with E-state index >= 15 is 0 Å². The molecule has 4 fully saturated rings.